The van der Waals surface area contributed by atoms with Gasteiger partial charge >= 0.3 is 0 Å². The monoisotopic (exact) mass is 357 g/mol. The third kappa shape index (κ3) is 3.70. The van der Waals surface area contributed by atoms with Crippen molar-refractivity contribution < 1.29 is 14.4 Å². The van der Waals surface area contributed by atoms with E-state index in [-0.39, 0.29) is 11.4 Å². The van der Waals surface area contributed by atoms with Gasteiger partial charge in [0.15, 0.2) is 0 Å². The highest BCUT2D eigenvalue weighted by molar-refractivity contribution is 5.93. The summed E-state index contributed by atoms with van der Waals surface area (Å²) in [6.07, 6.45) is 7.23. The number of anilines is 1. The summed E-state index contributed by atoms with van der Waals surface area (Å²) in [4.78, 5) is 16.1. The van der Waals surface area contributed by atoms with Crippen LogP contribution in [-0.2, 0) is 12.0 Å². The smallest absolute Gasteiger partial charge is 0.276 e. The first-order valence-corrected chi connectivity index (χ1v) is 9.05. The van der Waals surface area contributed by atoms with Crippen molar-refractivity contribution in [1.82, 2.24) is 10.5 Å². The van der Waals surface area contributed by atoms with Crippen LogP contribution < -0.4 is 10.8 Å². The van der Waals surface area contributed by atoms with Gasteiger partial charge in [-0.15, -0.1) is 0 Å². The summed E-state index contributed by atoms with van der Waals surface area (Å²) in [6.45, 7) is 1.98. The maximum absolute atomic E-state index is 13.8. The minimum Gasteiger partial charge on any atom is -0.360 e. The fourth-order valence-corrected chi connectivity index (χ4v) is 3.74. The van der Waals surface area contributed by atoms with Crippen LogP contribution in [0.2, 0.25) is 0 Å². The van der Waals surface area contributed by atoms with E-state index in [2.05, 4.69) is 10.3 Å². The molecule has 3 N–H and O–H groups in total. The normalized spacial score (nSPS) is 16.1. The van der Waals surface area contributed by atoms with Gasteiger partial charge in [0.2, 0.25) is 0 Å². The molecular formula is C20H24FN3O2. The molecule has 0 radical (unpaired) electrons. The van der Waals surface area contributed by atoms with Crippen LogP contribution in [0.1, 0.15) is 60.5 Å². The van der Waals surface area contributed by atoms with Gasteiger partial charge < -0.3 is 5.32 Å². The van der Waals surface area contributed by atoms with Crippen LogP contribution in [0.15, 0.2) is 36.5 Å². The van der Waals surface area contributed by atoms with Crippen LogP contribution in [0, 0.1) is 5.82 Å². The zero-order valence-electron chi connectivity index (χ0n) is 14.9. The van der Waals surface area contributed by atoms with Gasteiger partial charge in [-0.1, -0.05) is 38.3 Å². The molecule has 1 heterocycles. The van der Waals surface area contributed by atoms with Crippen LogP contribution in [-0.4, -0.2) is 16.1 Å². The molecule has 1 amide bonds. The maximum Gasteiger partial charge on any atom is 0.276 e. The molecule has 1 aliphatic carbocycles. The average Bonchev–Trinajstić information content (AvgIpc) is 2.68. The Morgan fingerprint density at radius 2 is 2.04 bits per heavy atom. The lowest BCUT2D eigenvalue weighted by Crippen LogP contribution is -2.38. The number of hydrogen-bond acceptors (Lipinski definition) is 4. The Morgan fingerprint density at radius 3 is 2.69 bits per heavy atom. The van der Waals surface area contributed by atoms with Crippen molar-refractivity contribution >= 4 is 11.7 Å². The summed E-state index contributed by atoms with van der Waals surface area (Å²) in [5, 5.41) is 12.4. The molecule has 1 aromatic heterocycles. The molecular weight excluding hydrogens is 333 g/mol. The minimum absolute atomic E-state index is 0.243. The molecule has 0 atom stereocenters. The highest BCUT2D eigenvalue weighted by Gasteiger charge is 2.35. The highest BCUT2D eigenvalue weighted by Crippen LogP contribution is 2.40. The maximum atomic E-state index is 13.8. The molecule has 1 aromatic carbocycles. The lowest BCUT2D eigenvalue weighted by molar-refractivity contribution is 0.0706. The van der Waals surface area contributed by atoms with Crippen LogP contribution in [0.25, 0.3) is 0 Å². The molecule has 3 rings (SSSR count). The van der Waals surface area contributed by atoms with E-state index in [9.17, 15) is 9.18 Å². The van der Waals surface area contributed by atoms with Crippen molar-refractivity contribution in [3.63, 3.8) is 0 Å². The van der Waals surface area contributed by atoms with E-state index >= 15 is 0 Å². The third-order valence-corrected chi connectivity index (χ3v) is 5.15. The van der Waals surface area contributed by atoms with Crippen LogP contribution in [0.4, 0.5) is 10.2 Å². The fraction of sp³-hybridized carbons (Fsp3) is 0.400. The molecule has 2 aromatic rings. The molecule has 138 valence electrons. The number of hydroxylamine groups is 1. The quantitative estimate of drug-likeness (QED) is 0.554. The molecule has 0 spiro atoms. The van der Waals surface area contributed by atoms with Crippen LogP contribution in [0.3, 0.4) is 0 Å². The summed E-state index contributed by atoms with van der Waals surface area (Å²) in [7, 11) is 0. The van der Waals surface area contributed by atoms with E-state index in [1.807, 2.05) is 13.0 Å². The van der Waals surface area contributed by atoms with E-state index in [1.165, 1.54) is 18.7 Å². The molecule has 1 fully saturated rings. The lowest BCUT2D eigenvalue weighted by Gasteiger charge is -2.39. The van der Waals surface area contributed by atoms with Gasteiger partial charge in [-0.05, 0) is 48.6 Å². The summed E-state index contributed by atoms with van der Waals surface area (Å²) >= 11 is 0. The van der Waals surface area contributed by atoms with Gasteiger partial charge in [0.25, 0.3) is 5.91 Å². The van der Waals surface area contributed by atoms with Crippen molar-refractivity contribution in [2.75, 3.05) is 5.32 Å². The first-order chi connectivity index (χ1) is 12.6. The Morgan fingerprint density at radius 1 is 1.27 bits per heavy atom. The van der Waals surface area contributed by atoms with Gasteiger partial charge in [0.05, 0.1) is 11.1 Å². The predicted molar refractivity (Wildman–Crippen MR) is 97.7 cm³/mol. The SMILES string of the molecule is CCc1cc(C(=O)NO)cnc1NC1(c2cccc(F)c2)CCCCC1. The van der Waals surface area contributed by atoms with E-state index in [0.29, 0.717) is 17.8 Å². The van der Waals surface area contributed by atoms with Gasteiger partial charge in [-0.25, -0.2) is 14.9 Å². The topological polar surface area (TPSA) is 74.2 Å². The first-order valence-electron chi connectivity index (χ1n) is 9.05. The van der Waals surface area contributed by atoms with Crippen LogP contribution >= 0.6 is 0 Å². The number of benzene rings is 1. The second kappa shape index (κ2) is 7.83. The van der Waals surface area contributed by atoms with Crippen molar-refractivity contribution in [2.45, 2.75) is 51.0 Å². The number of amides is 1. The molecule has 5 nitrogen and oxygen atoms in total. The van der Waals surface area contributed by atoms with E-state index in [1.54, 1.807) is 23.7 Å². The number of hydrogen-bond donors (Lipinski definition) is 3. The summed E-state index contributed by atoms with van der Waals surface area (Å²) < 4.78 is 13.8. The molecule has 0 bridgehead atoms. The predicted octanol–water partition coefficient (Wildman–Crippen LogP) is 4.17. The third-order valence-electron chi connectivity index (χ3n) is 5.15. The van der Waals surface area contributed by atoms with Gasteiger partial charge in [-0.2, -0.15) is 0 Å². The van der Waals surface area contributed by atoms with Crippen molar-refractivity contribution in [1.29, 1.82) is 0 Å². The molecule has 26 heavy (non-hydrogen) atoms. The molecule has 0 aliphatic heterocycles. The number of rotatable bonds is 5. The van der Waals surface area contributed by atoms with Gasteiger partial charge in [0, 0.05) is 6.20 Å². The summed E-state index contributed by atoms with van der Waals surface area (Å²) in [5.74, 6) is -0.128. The number of pyridine rings is 1. The van der Waals surface area contributed by atoms with E-state index < -0.39 is 5.91 Å². The zero-order chi connectivity index (χ0) is 18.6. The Hall–Kier alpha value is -2.47. The number of halogens is 1. The summed E-state index contributed by atoms with van der Waals surface area (Å²) in [6, 6.07) is 8.48. The standard InChI is InChI=1S/C20H24FN3O2/c1-2-14-11-15(19(25)24-26)13-22-18(14)23-20(9-4-3-5-10-20)16-7-6-8-17(21)12-16/h6-8,11-13,26H,2-5,9-10H2,1H3,(H,22,23)(H,24,25). The van der Waals surface area contributed by atoms with E-state index in [0.717, 1.165) is 36.8 Å². The second-order valence-corrected chi connectivity index (χ2v) is 6.80. The molecule has 1 aliphatic rings. The van der Waals surface area contributed by atoms with Crippen molar-refractivity contribution in [3.8, 4) is 0 Å². The number of nitrogens with one attached hydrogen (secondary N) is 2. The van der Waals surface area contributed by atoms with Crippen molar-refractivity contribution in [3.05, 3.63) is 59.0 Å². The minimum atomic E-state index is -0.587. The lowest BCUT2D eigenvalue weighted by atomic mass is 9.76. The second-order valence-electron chi connectivity index (χ2n) is 6.80. The first kappa shape index (κ1) is 18.3. The van der Waals surface area contributed by atoms with E-state index in [4.69, 9.17) is 5.21 Å². The number of nitrogens with zero attached hydrogens (tertiary/aromatic N) is 1. The van der Waals surface area contributed by atoms with Gasteiger partial charge in [-0.3, -0.25) is 10.0 Å². The fourth-order valence-electron chi connectivity index (χ4n) is 3.74. The van der Waals surface area contributed by atoms with Crippen LogP contribution in [0.5, 0.6) is 0 Å². The number of aromatic nitrogens is 1. The highest BCUT2D eigenvalue weighted by atomic mass is 19.1. The molecule has 0 saturated heterocycles. The molecule has 1 saturated carbocycles. The van der Waals surface area contributed by atoms with Gasteiger partial charge in [0.1, 0.15) is 11.6 Å². The number of aryl methyl sites for hydroxylation is 1. The molecule has 0 unspecified atom stereocenters. The largest absolute Gasteiger partial charge is 0.360 e. The molecule has 6 heteroatoms. The van der Waals surface area contributed by atoms with Crippen molar-refractivity contribution in [2.24, 2.45) is 0 Å². The Labute approximate surface area is 152 Å². The zero-order valence-corrected chi connectivity index (χ0v) is 14.9. The Kier molecular flexibility index (Phi) is 5.52. The summed E-state index contributed by atoms with van der Waals surface area (Å²) in [5.41, 5.74) is 3.38. The Bertz CT molecular complexity index is 788. The number of carbonyl (C=O) groups is 1. The number of carbonyl (C=O) groups excluding carboxylic acids is 1. The average molecular weight is 357 g/mol. The Balaban J connectivity index is 1.98.